The highest BCUT2D eigenvalue weighted by Crippen LogP contribution is 2.21. The summed E-state index contributed by atoms with van der Waals surface area (Å²) in [7, 11) is 0. The van der Waals surface area contributed by atoms with Crippen LogP contribution in [0.5, 0.6) is 0 Å². The van der Waals surface area contributed by atoms with E-state index in [2.05, 4.69) is 28.6 Å². The molecule has 0 fully saturated rings. The Morgan fingerprint density at radius 2 is 1.84 bits per heavy atom. The molecule has 0 atom stereocenters. The van der Waals surface area contributed by atoms with Crippen molar-refractivity contribution < 1.29 is 4.79 Å². The standard InChI is InChI=1S/C21H21N3O/c1-3-16-8-4-5-10-19(16)23-18-11-12-22-20(14-18)21(25)24-17-9-6-7-15(2)13-17/h4-14H,3H2,1-2H3,(H,22,23)(H,24,25). The second kappa shape index (κ2) is 7.62. The van der Waals surface area contributed by atoms with E-state index < -0.39 is 0 Å². The maximum Gasteiger partial charge on any atom is 0.274 e. The lowest BCUT2D eigenvalue weighted by Crippen LogP contribution is -2.13. The summed E-state index contributed by atoms with van der Waals surface area (Å²) >= 11 is 0. The van der Waals surface area contributed by atoms with Crippen molar-refractivity contribution in [2.75, 3.05) is 10.6 Å². The second-order valence-electron chi connectivity index (χ2n) is 5.89. The van der Waals surface area contributed by atoms with Gasteiger partial charge in [0.25, 0.3) is 5.91 Å². The zero-order valence-electron chi connectivity index (χ0n) is 14.4. The molecule has 4 nitrogen and oxygen atoms in total. The van der Waals surface area contributed by atoms with Gasteiger partial charge in [-0.15, -0.1) is 0 Å². The lowest BCUT2D eigenvalue weighted by molar-refractivity contribution is 0.102. The molecule has 0 aliphatic carbocycles. The van der Waals surface area contributed by atoms with E-state index in [9.17, 15) is 4.79 Å². The van der Waals surface area contributed by atoms with Crippen molar-refractivity contribution >= 4 is 23.0 Å². The maximum atomic E-state index is 12.5. The Balaban J connectivity index is 1.78. The second-order valence-corrected chi connectivity index (χ2v) is 5.89. The van der Waals surface area contributed by atoms with E-state index in [1.54, 1.807) is 12.3 Å². The normalized spacial score (nSPS) is 10.3. The summed E-state index contributed by atoms with van der Waals surface area (Å²) < 4.78 is 0. The molecule has 0 bridgehead atoms. The first-order valence-electron chi connectivity index (χ1n) is 8.34. The summed E-state index contributed by atoms with van der Waals surface area (Å²) in [6.07, 6.45) is 2.58. The van der Waals surface area contributed by atoms with Crippen molar-refractivity contribution in [2.45, 2.75) is 20.3 Å². The van der Waals surface area contributed by atoms with Crippen molar-refractivity contribution in [1.29, 1.82) is 0 Å². The number of nitrogens with zero attached hydrogens (tertiary/aromatic N) is 1. The van der Waals surface area contributed by atoms with Crippen LogP contribution in [0.25, 0.3) is 0 Å². The summed E-state index contributed by atoms with van der Waals surface area (Å²) in [5.41, 5.74) is 5.34. The van der Waals surface area contributed by atoms with Crippen LogP contribution in [-0.4, -0.2) is 10.9 Å². The van der Waals surface area contributed by atoms with Crippen LogP contribution < -0.4 is 10.6 Å². The summed E-state index contributed by atoms with van der Waals surface area (Å²) in [4.78, 5) is 16.6. The zero-order chi connectivity index (χ0) is 17.6. The molecule has 0 radical (unpaired) electrons. The minimum atomic E-state index is -0.224. The number of nitrogens with one attached hydrogen (secondary N) is 2. The fraction of sp³-hybridized carbons (Fsp3) is 0.143. The number of benzene rings is 2. The van der Waals surface area contributed by atoms with Crippen molar-refractivity contribution in [3.8, 4) is 0 Å². The predicted octanol–water partition coefficient (Wildman–Crippen LogP) is 4.95. The Hall–Kier alpha value is -3.14. The number of aromatic nitrogens is 1. The molecule has 2 N–H and O–H groups in total. The van der Waals surface area contributed by atoms with Gasteiger partial charge in [0, 0.05) is 23.3 Å². The first-order chi connectivity index (χ1) is 12.2. The predicted molar refractivity (Wildman–Crippen MR) is 102 cm³/mol. The third-order valence-electron chi connectivity index (χ3n) is 3.95. The summed E-state index contributed by atoms with van der Waals surface area (Å²) in [5, 5.41) is 6.26. The smallest absolute Gasteiger partial charge is 0.274 e. The third-order valence-corrected chi connectivity index (χ3v) is 3.95. The Morgan fingerprint density at radius 1 is 1.00 bits per heavy atom. The van der Waals surface area contributed by atoms with Crippen LogP contribution in [0.1, 0.15) is 28.5 Å². The maximum absolute atomic E-state index is 12.5. The van der Waals surface area contributed by atoms with Crippen LogP contribution in [0.4, 0.5) is 17.1 Å². The van der Waals surface area contributed by atoms with Crippen LogP contribution in [0, 0.1) is 6.92 Å². The first kappa shape index (κ1) is 16.7. The van der Waals surface area contributed by atoms with E-state index >= 15 is 0 Å². The van der Waals surface area contributed by atoms with Crippen LogP contribution >= 0.6 is 0 Å². The number of para-hydroxylation sites is 1. The van der Waals surface area contributed by atoms with Gasteiger partial charge in [0.2, 0.25) is 0 Å². The molecule has 1 amide bonds. The summed E-state index contributed by atoms with van der Waals surface area (Å²) in [6, 6.07) is 19.5. The SMILES string of the molecule is CCc1ccccc1Nc1ccnc(C(=O)Nc2cccc(C)c2)c1. The van der Waals surface area contributed by atoms with Crippen LogP contribution in [0.2, 0.25) is 0 Å². The van der Waals surface area contributed by atoms with Gasteiger partial charge in [-0.1, -0.05) is 37.3 Å². The minimum absolute atomic E-state index is 0.224. The van der Waals surface area contributed by atoms with Crippen molar-refractivity contribution in [3.05, 3.63) is 83.7 Å². The third kappa shape index (κ3) is 4.23. The number of aryl methyl sites for hydroxylation is 2. The molecule has 1 aromatic heterocycles. The number of anilines is 3. The molecule has 0 aliphatic rings. The Labute approximate surface area is 147 Å². The van der Waals surface area contributed by atoms with E-state index in [4.69, 9.17) is 0 Å². The molecule has 1 heterocycles. The largest absolute Gasteiger partial charge is 0.355 e. The molecular formula is C21H21N3O. The fourth-order valence-corrected chi connectivity index (χ4v) is 2.66. The highest BCUT2D eigenvalue weighted by Gasteiger charge is 2.09. The number of rotatable bonds is 5. The molecular weight excluding hydrogens is 310 g/mol. The van der Waals surface area contributed by atoms with Gasteiger partial charge in [0.05, 0.1) is 0 Å². The molecule has 0 saturated heterocycles. The average Bonchev–Trinajstić information content (AvgIpc) is 2.62. The minimum Gasteiger partial charge on any atom is -0.355 e. The molecule has 3 aromatic rings. The molecule has 25 heavy (non-hydrogen) atoms. The van der Waals surface area contributed by atoms with E-state index in [1.807, 2.05) is 55.5 Å². The fourth-order valence-electron chi connectivity index (χ4n) is 2.66. The molecule has 0 unspecified atom stereocenters. The average molecular weight is 331 g/mol. The monoisotopic (exact) mass is 331 g/mol. The van der Waals surface area contributed by atoms with Gasteiger partial charge in [-0.3, -0.25) is 9.78 Å². The summed E-state index contributed by atoms with van der Waals surface area (Å²) in [6.45, 7) is 4.11. The van der Waals surface area contributed by atoms with Crippen molar-refractivity contribution in [2.24, 2.45) is 0 Å². The molecule has 3 rings (SSSR count). The van der Waals surface area contributed by atoms with E-state index in [0.29, 0.717) is 5.69 Å². The molecule has 126 valence electrons. The van der Waals surface area contributed by atoms with Crippen molar-refractivity contribution in [3.63, 3.8) is 0 Å². The molecule has 0 aliphatic heterocycles. The molecule has 2 aromatic carbocycles. The van der Waals surface area contributed by atoms with Crippen LogP contribution in [0.15, 0.2) is 66.9 Å². The number of hydrogen-bond donors (Lipinski definition) is 2. The molecule has 0 spiro atoms. The van der Waals surface area contributed by atoms with Gasteiger partial charge in [-0.25, -0.2) is 0 Å². The van der Waals surface area contributed by atoms with Gasteiger partial charge in [0.1, 0.15) is 5.69 Å². The van der Waals surface area contributed by atoms with Crippen LogP contribution in [-0.2, 0) is 6.42 Å². The number of carbonyl (C=O) groups excluding carboxylic acids is 1. The first-order valence-corrected chi connectivity index (χ1v) is 8.34. The topological polar surface area (TPSA) is 54.0 Å². The van der Waals surface area contributed by atoms with Gasteiger partial charge in [0.15, 0.2) is 0 Å². The number of hydrogen-bond acceptors (Lipinski definition) is 3. The lowest BCUT2D eigenvalue weighted by atomic mass is 10.1. The lowest BCUT2D eigenvalue weighted by Gasteiger charge is -2.12. The Kier molecular flexibility index (Phi) is 5.09. The molecule has 0 saturated carbocycles. The van der Waals surface area contributed by atoms with E-state index in [1.165, 1.54) is 5.56 Å². The highest BCUT2D eigenvalue weighted by atomic mass is 16.1. The quantitative estimate of drug-likeness (QED) is 0.695. The highest BCUT2D eigenvalue weighted by molar-refractivity contribution is 6.03. The van der Waals surface area contributed by atoms with Crippen molar-refractivity contribution in [1.82, 2.24) is 4.98 Å². The molecule has 4 heteroatoms. The van der Waals surface area contributed by atoms with E-state index in [-0.39, 0.29) is 5.91 Å². The number of carbonyl (C=O) groups is 1. The van der Waals surface area contributed by atoms with Gasteiger partial charge < -0.3 is 10.6 Å². The number of pyridine rings is 1. The zero-order valence-corrected chi connectivity index (χ0v) is 14.4. The number of amides is 1. The Bertz CT molecular complexity index is 890. The van der Waals surface area contributed by atoms with Gasteiger partial charge in [-0.2, -0.15) is 0 Å². The van der Waals surface area contributed by atoms with E-state index in [0.717, 1.165) is 29.0 Å². The Morgan fingerprint density at radius 3 is 2.64 bits per heavy atom. The summed E-state index contributed by atoms with van der Waals surface area (Å²) in [5.74, 6) is -0.224. The van der Waals surface area contributed by atoms with Gasteiger partial charge in [-0.05, 0) is 54.8 Å². The van der Waals surface area contributed by atoms with Crippen LogP contribution in [0.3, 0.4) is 0 Å². The van der Waals surface area contributed by atoms with Gasteiger partial charge >= 0.3 is 0 Å².